The molecular formula is C29H33N3O4. The fraction of sp³-hybridized carbons (Fsp3) is 0.345. The van der Waals surface area contributed by atoms with Gasteiger partial charge in [-0.2, -0.15) is 0 Å². The molecule has 1 atom stereocenters. The van der Waals surface area contributed by atoms with Crippen molar-refractivity contribution in [2.45, 2.75) is 45.7 Å². The number of rotatable bonds is 11. The lowest BCUT2D eigenvalue weighted by molar-refractivity contribution is -0.141. The van der Waals surface area contributed by atoms with Gasteiger partial charge in [-0.05, 0) is 55.0 Å². The topological polar surface area (TPSA) is 79.0 Å². The van der Waals surface area contributed by atoms with Crippen LogP contribution < -0.4 is 15.0 Å². The number of ether oxygens (including phenoxy) is 1. The van der Waals surface area contributed by atoms with Crippen LogP contribution in [-0.4, -0.2) is 48.9 Å². The Bertz CT molecular complexity index is 1250. The van der Waals surface area contributed by atoms with Crippen LogP contribution in [0.25, 0.3) is 10.8 Å². The maximum absolute atomic E-state index is 13.5. The number of carbonyl (C=O) groups is 3. The molecule has 0 aliphatic carbocycles. The number of methoxy groups -OCH3 is 1. The second-order valence-electron chi connectivity index (χ2n) is 8.93. The maximum Gasteiger partial charge on any atom is 0.258 e. The van der Waals surface area contributed by atoms with Crippen molar-refractivity contribution < 1.29 is 19.1 Å². The van der Waals surface area contributed by atoms with Crippen molar-refractivity contribution in [2.24, 2.45) is 0 Å². The molecule has 3 aromatic rings. The molecule has 0 saturated heterocycles. The quantitative estimate of drug-likeness (QED) is 0.431. The molecule has 0 bridgehead atoms. The summed E-state index contributed by atoms with van der Waals surface area (Å²) < 4.78 is 5.24. The molecule has 3 amide bonds. The molecule has 0 spiro atoms. The molecule has 1 heterocycles. The van der Waals surface area contributed by atoms with Crippen LogP contribution in [0.1, 0.15) is 49.0 Å². The van der Waals surface area contributed by atoms with Crippen LogP contribution in [-0.2, 0) is 16.1 Å². The number of likely N-dealkylation sites (N-methyl/N-ethyl adjacent to an activating group) is 1. The van der Waals surface area contributed by atoms with E-state index in [1.807, 2.05) is 74.5 Å². The molecule has 7 heteroatoms. The molecule has 1 aliphatic heterocycles. The number of benzene rings is 3. The molecule has 1 unspecified atom stereocenters. The molecule has 0 aromatic heterocycles. The van der Waals surface area contributed by atoms with E-state index in [4.69, 9.17) is 4.74 Å². The lowest BCUT2D eigenvalue weighted by Crippen LogP contribution is -2.49. The number of nitrogens with one attached hydrogen (secondary N) is 1. The van der Waals surface area contributed by atoms with Gasteiger partial charge in [-0.25, -0.2) is 0 Å². The van der Waals surface area contributed by atoms with Crippen molar-refractivity contribution in [3.05, 3.63) is 71.8 Å². The van der Waals surface area contributed by atoms with E-state index < -0.39 is 6.04 Å². The Balaban J connectivity index is 1.48. The van der Waals surface area contributed by atoms with Crippen molar-refractivity contribution >= 4 is 34.2 Å². The van der Waals surface area contributed by atoms with E-state index >= 15 is 0 Å². The Hall–Kier alpha value is -3.87. The number of anilines is 1. The van der Waals surface area contributed by atoms with Gasteiger partial charge in [-0.3, -0.25) is 14.4 Å². The lowest BCUT2D eigenvalue weighted by Gasteiger charge is -2.31. The zero-order valence-corrected chi connectivity index (χ0v) is 21.1. The Morgan fingerprint density at radius 3 is 2.42 bits per heavy atom. The van der Waals surface area contributed by atoms with E-state index in [0.29, 0.717) is 38.0 Å². The van der Waals surface area contributed by atoms with Crippen LogP contribution >= 0.6 is 0 Å². The van der Waals surface area contributed by atoms with E-state index in [2.05, 4.69) is 5.32 Å². The summed E-state index contributed by atoms with van der Waals surface area (Å²) >= 11 is 0. The zero-order chi connectivity index (χ0) is 25.7. The summed E-state index contributed by atoms with van der Waals surface area (Å²) in [4.78, 5) is 42.7. The minimum absolute atomic E-state index is 0.0295. The Morgan fingerprint density at radius 1 is 1.03 bits per heavy atom. The Morgan fingerprint density at radius 2 is 1.75 bits per heavy atom. The Labute approximate surface area is 212 Å². The first-order valence-electron chi connectivity index (χ1n) is 12.5. The minimum atomic E-state index is -0.564. The molecule has 0 saturated carbocycles. The SMILES string of the molecule is CCNC(=O)C(CC)N(Cc1ccc(OC)cc1)C(=O)CCCN1C(=O)c2cccc3cccc1c23. The summed E-state index contributed by atoms with van der Waals surface area (Å²) in [6.07, 6.45) is 1.25. The number of nitrogens with zero attached hydrogens (tertiary/aromatic N) is 2. The van der Waals surface area contributed by atoms with Crippen LogP contribution in [0.3, 0.4) is 0 Å². The summed E-state index contributed by atoms with van der Waals surface area (Å²) in [6, 6.07) is 18.6. The smallest absolute Gasteiger partial charge is 0.258 e. The second kappa shape index (κ2) is 11.2. The van der Waals surface area contributed by atoms with Crippen LogP contribution in [0, 0.1) is 0 Å². The van der Waals surface area contributed by atoms with Gasteiger partial charge in [0.05, 0.1) is 12.8 Å². The first kappa shape index (κ1) is 25.2. The molecule has 36 heavy (non-hydrogen) atoms. The van der Waals surface area contributed by atoms with Crippen LogP contribution in [0.15, 0.2) is 60.7 Å². The molecule has 7 nitrogen and oxygen atoms in total. The predicted octanol–water partition coefficient (Wildman–Crippen LogP) is 4.53. The van der Waals surface area contributed by atoms with E-state index in [1.165, 1.54) is 0 Å². The summed E-state index contributed by atoms with van der Waals surface area (Å²) in [5.41, 5.74) is 2.52. The third kappa shape index (κ3) is 5.05. The van der Waals surface area contributed by atoms with Gasteiger partial charge >= 0.3 is 0 Å². The first-order valence-corrected chi connectivity index (χ1v) is 12.5. The van der Waals surface area contributed by atoms with E-state index in [0.717, 1.165) is 27.8 Å². The van der Waals surface area contributed by atoms with Crippen LogP contribution in [0.4, 0.5) is 5.69 Å². The largest absolute Gasteiger partial charge is 0.497 e. The van der Waals surface area contributed by atoms with Gasteiger partial charge in [0.1, 0.15) is 11.8 Å². The number of amides is 3. The van der Waals surface area contributed by atoms with E-state index in [9.17, 15) is 14.4 Å². The summed E-state index contributed by atoms with van der Waals surface area (Å²) in [5, 5.41) is 4.87. The van der Waals surface area contributed by atoms with Gasteiger partial charge in [0.2, 0.25) is 11.8 Å². The van der Waals surface area contributed by atoms with Crippen LogP contribution in [0.2, 0.25) is 0 Å². The third-order valence-corrected chi connectivity index (χ3v) is 6.67. The van der Waals surface area contributed by atoms with Crippen molar-refractivity contribution in [3.8, 4) is 5.75 Å². The summed E-state index contributed by atoms with van der Waals surface area (Å²) in [5.74, 6) is 0.446. The van der Waals surface area contributed by atoms with Gasteiger partial charge in [0, 0.05) is 37.0 Å². The van der Waals surface area contributed by atoms with E-state index in [-0.39, 0.29) is 24.1 Å². The molecule has 0 radical (unpaired) electrons. The van der Waals surface area contributed by atoms with Crippen molar-refractivity contribution in [1.82, 2.24) is 10.2 Å². The molecule has 4 rings (SSSR count). The highest BCUT2D eigenvalue weighted by atomic mass is 16.5. The second-order valence-corrected chi connectivity index (χ2v) is 8.93. The van der Waals surface area contributed by atoms with Gasteiger partial charge in [-0.1, -0.05) is 43.3 Å². The molecule has 3 aromatic carbocycles. The lowest BCUT2D eigenvalue weighted by atomic mass is 10.1. The van der Waals surface area contributed by atoms with Crippen molar-refractivity contribution in [2.75, 3.05) is 25.1 Å². The van der Waals surface area contributed by atoms with Gasteiger partial charge in [-0.15, -0.1) is 0 Å². The molecule has 1 aliphatic rings. The average molecular weight is 488 g/mol. The van der Waals surface area contributed by atoms with Gasteiger partial charge < -0.3 is 19.9 Å². The Kier molecular flexibility index (Phi) is 7.88. The zero-order valence-electron chi connectivity index (χ0n) is 21.1. The van der Waals surface area contributed by atoms with Gasteiger partial charge in [0.15, 0.2) is 0 Å². The maximum atomic E-state index is 13.5. The number of hydrogen-bond acceptors (Lipinski definition) is 4. The van der Waals surface area contributed by atoms with Crippen molar-refractivity contribution in [1.29, 1.82) is 0 Å². The highest BCUT2D eigenvalue weighted by Crippen LogP contribution is 2.37. The van der Waals surface area contributed by atoms with Crippen LogP contribution in [0.5, 0.6) is 5.75 Å². The molecule has 188 valence electrons. The standard InChI is InChI=1S/C29H33N3O4/c1-4-24(28(34)30-5-2)32(19-20-14-16-22(36-3)17-15-20)26(33)13-8-18-31-25-12-7-10-21-9-6-11-23(27(21)25)29(31)35/h6-7,9-12,14-17,24H,4-5,8,13,18-19H2,1-3H3,(H,30,34). The molecular weight excluding hydrogens is 454 g/mol. The molecule has 1 N–H and O–H groups in total. The number of hydrogen-bond donors (Lipinski definition) is 1. The van der Waals surface area contributed by atoms with E-state index in [1.54, 1.807) is 16.9 Å². The number of carbonyl (C=O) groups excluding carboxylic acids is 3. The van der Waals surface area contributed by atoms with Gasteiger partial charge in [0.25, 0.3) is 5.91 Å². The first-order chi connectivity index (χ1) is 17.5. The van der Waals surface area contributed by atoms with Crippen molar-refractivity contribution in [3.63, 3.8) is 0 Å². The highest BCUT2D eigenvalue weighted by molar-refractivity contribution is 6.25. The summed E-state index contributed by atoms with van der Waals surface area (Å²) in [7, 11) is 1.61. The monoisotopic (exact) mass is 487 g/mol. The fourth-order valence-electron chi connectivity index (χ4n) is 4.87. The fourth-order valence-corrected chi connectivity index (χ4v) is 4.87. The summed E-state index contributed by atoms with van der Waals surface area (Å²) in [6.45, 7) is 5.04. The molecule has 0 fully saturated rings. The highest BCUT2D eigenvalue weighted by Gasteiger charge is 2.31. The average Bonchev–Trinajstić information content (AvgIpc) is 3.17. The minimum Gasteiger partial charge on any atom is -0.497 e. The third-order valence-electron chi connectivity index (χ3n) is 6.67. The predicted molar refractivity (Wildman–Crippen MR) is 141 cm³/mol. The normalized spacial score (nSPS) is 13.1.